The van der Waals surface area contributed by atoms with E-state index in [1.807, 2.05) is 0 Å². The summed E-state index contributed by atoms with van der Waals surface area (Å²) in [6, 6.07) is 14.3. The summed E-state index contributed by atoms with van der Waals surface area (Å²) in [6.45, 7) is -1.81. The second kappa shape index (κ2) is 18.2. The Bertz CT molecular complexity index is 1940. The standard InChI is InChI=1S/C36H29N5O11/c42-21-28(49-33(44)24-7-2-12-38-17-24)30(51-35(46)26-9-4-14-40-19-26)31(52-36(47)27-10-5-15-41-20-27)29(50-34(45)25-8-3-13-39-18-25)22-48-32(43)23-6-1-11-37-16-23/h1-20,28-31,42H,21-22H2/t28-,29-,30-,31-/m1/s1. The van der Waals surface area contributed by atoms with Gasteiger partial charge < -0.3 is 28.8 Å². The monoisotopic (exact) mass is 707 g/mol. The second-order valence-electron chi connectivity index (χ2n) is 10.6. The van der Waals surface area contributed by atoms with Gasteiger partial charge in [-0.3, -0.25) is 24.9 Å². The summed E-state index contributed by atoms with van der Waals surface area (Å²) in [5, 5.41) is 10.6. The molecule has 0 radical (unpaired) electrons. The zero-order valence-corrected chi connectivity index (χ0v) is 27.0. The van der Waals surface area contributed by atoms with Crippen molar-refractivity contribution >= 4 is 29.8 Å². The van der Waals surface area contributed by atoms with Crippen molar-refractivity contribution in [3.63, 3.8) is 0 Å². The Balaban J connectivity index is 1.59. The highest BCUT2D eigenvalue weighted by molar-refractivity contribution is 5.92. The number of aromatic nitrogens is 5. The Morgan fingerprint density at radius 2 is 0.769 bits per heavy atom. The van der Waals surface area contributed by atoms with Crippen LogP contribution in [0.2, 0.25) is 0 Å². The number of esters is 5. The Kier molecular flexibility index (Phi) is 12.7. The van der Waals surface area contributed by atoms with Gasteiger partial charge in [-0.2, -0.15) is 0 Å². The molecule has 4 atom stereocenters. The van der Waals surface area contributed by atoms with Gasteiger partial charge in [0, 0.05) is 62.0 Å². The first-order valence-corrected chi connectivity index (χ1v) is 15.5. The van der Waals surface area contributed by atoms with Crippen molar-refractivity contribution in [2.45, 2.75) is 24.4 Å². The van der Waals surface area contributed by atoms with Gasteiger partial charge in [-0.05, 0) is 60.7 Å². The van der Waals surface area contributed by atoms with E-state index in [1.54, 1.807) is 0 Å². The molecule has 16 heteroatoms. The van der Waals surface area contributed by atoms with E-state index in [-0.39, 0.29) is 27.8 Å². The first-order valence-electron chi connectivity index (χ1n) is 15.5. The number of ether oxygens (including phenoxy) is 5. The summed E-state index contributed by atoms with van der Waals surface area (Å²) in [5.74, 6) is -5.03. The van der Waals surface area contributed by atoms with E-state index in [1.165, 1.54) is 123 Å². The topological polar surface area (TPSA) is 216 Å². The van der Waals surface area contributed by atoms with Gasteiger partial charge in [0.25, 0.3) is 0 Å². The molecule has 1 N–H and O–H groups in total. The number of hydrogen-bond donors (Lipinski definition) is 1. The summed E-state index contributed by atoms with van der Waals surface area (Å²) >= 11 is 0. The molecule has 5 rings (SSSR count). The third kappa shape index (κ3) is 9.82. The van der Waals surface area contributed by atoms with Crippen LogP contribution in [0.4, 0.5) is 0 Å². The van der Waals surface area contributed by atoms with Crippen LogP contribution < -0.4 is 0 Å². The van der Waals surface area contributed by atoms with E-state index >= 15 is 0 Å². The zero-order valence-electron chi connectivity index (χ0n) is 27.0. The third-order valence-corrected chi connectivity index (χ3v) is 7.10. The molecule has 5 aromatic heterocycles. The highest BCUT2D eigenvalue weighted by Crippen LogP contribution is 2.24. The van der Waals surface area contributed by atoms with E-state index in [0.29, 0.717) is 0 Å². The molecular weight excluding hydrogens is 678 g/mol. The molecule has 0 spiro atoms. The van der Waals surface area contributed by atoms with E-state index in [4.69, 9.17) is 23.7 Å². The van der Waals surface area contributed by atoms with Crippen LogP contribution in [0.25, 0.3) is 0 Å². The number of nitrogens with zero attached hydrogens (tertiary/aromatic N) is 5. The molecule has 5 heterocycles. The number of aliphatic hydroxyl groups is 1. The molecule has 0 aromatic carbocycles. The van der Waals surface area contributed by atoms with Crippen molar-refractivity contribution in [2.24, 2.45) is 0 Å². The first-order chi connectivity index (χ1) is 25.3. The normalized spacial score (nSPS) is 12.9. The van der Waals surface area contributed by atoms with Gasteiger partial charge in [-0.25, -0.2) is 24.0 Å². The van der Waals surface area contributed by atoms with Crippen molar-refractivity contribution in [3.05, 3.63) is 150 Å². The maximum absolute atomic E-state index is 13.6. The van der Waals surface area contributed by atoms with Crippen molar-refractivity contribution in [1.29, 1.82) is 0 Å². The van der Waals surface area contributed by atoms with Crippen molar-refractivity contribution in [1.82, 2.24) is 24.9 Å². The fourth-order valence-corrected chi connectivity index (χ4v) is 4.57. The number of rotatable bonds is 15. The van der Waals surface area contributed by atoms with E-state index < -0.39 is 67.5 Å². The summed E-state index contributed by atoms with van der Waals surface area (Å²) in [6.07, 6.45) is 5.64. The molecule has 5 aromatic rings. The predicted octanol–water partition coefficient (Wildman–Crippen LogP) is 2.71. The molecule has 264 valence electrons. The number of aliphatic hydroxyl groups excluding tert-OH is 1. The summed E-state index contributed by atoms with van der Waals surface area (Å²) in [4.78, 5) is 86.5. The minimum absolute atomic E-state index is 0.0296. The van der Waals surface area contributed by atoms with Crippen LogP contribution in [-0.4, -0.2) is 97.5 Å². The SMILES string of the molecule is O=C(OC[C@@H](OC(=O)c1cccnc1)[C@@H](OC(=O)c1cccnc1)[C@H](OC(=O)c1cccnc1)[C@@H](CO)OC(=O)c1cccnc1)c1cccnc1. The van der Waals surface area contributed by atoms with E-state index in [2.05, 4.69) is 24.9 Å². The Morgan fingerprint density at radius 1 is 0.462 bits per heavy atom. The quantitative estimate of drug-likeness (QED) is 0.122. The number of pyridine rings is 5. The molecule has 0 aliphatic rings. The summed E-state index contributed by atoms with van der Waals surface area (Å²) in [5.41, 5.74) is -0.211. The number of carbonyl (C=O) groups excluding carboxylic acids is 5. The lowest BCUT2D eigenvalue weighted by molar-refractivity contribution is -0.137. The molecule has 16 nitrogen and oxygen atoms in total. The molecular formula is C36H29N5O11. The van der Waals surface area contributed by atoms with Crippen LogP contribution in [0.5, 0.6) is 0 Å². The summed E-state index contributed by atoms with van der Waals surface area (Å²) in [7, 11) is 0. The fourth-order valence-electron chi connectivity index (χ4n) is 4.57. The lowest BCUT2D eigenvalue weighted by Crippen LogP contribution is -2.54. The lowest BCUT2D eigenvalue weighted by Gasteiger charge is -2.35. The Hall–Kier alpha value is -6.94. The molecule has 0 aliphatic heterocycles. The Labute approximate surface area is 295 Å². The summed E-state index contributed by atoms with van der Waals surface area (Å²) < 4.78 is 28.5. The average molecular weight is 708 g/mol. The molecule has 0 aliphatic carbocycles. The van der Waals surface area contributed by atoms with E-state index in [9.17, 15) is 29.1 Å². The van der Waals surface area contributed by atoms with Crippen LogP contribution in [0.1, 0.15) is 51.8 Å². The van der Waals surface area contributed by atoms with Crippen molar-refractivity contribution in [2.75, 3.05) is 13.2 Å². The molecule has 0 amide bonds. The number of carbonyl (C=O) groups is 5. The first kappa shape index (κ1) is 36.3. The van der Waals surface area contributed by atoms with Crippen molar-refractivity contribution in [3.8, 4) is 0 Å². The molecule has 0 unspecified atom stereocenters. The fraction of sp³-hybridized carbons (Fsp3) is 0.167. The molecule has 0 fully saturated rings. The van der Waals surface area contributed by atoms with Gasteiger partial charge in [-0.1, -0.05) is 0 Å². The molecule has 0 saturated carbocycles. The van der Waals surface area contributed by atoms with Gasteiger partial charge in [-0.15, -0.1) is 0 Å². The minimum Gasteiger partial charge on any atom is -0.458 e. The molecule has 52 heavy (non-hydrogen) atoms. The highest BCUT2D eigenvalue weighted by Gasteiger charge is 2.45. The Morgan fingerprint density at radius 3 is 1.10 bits per heavy atom. The van der Waals surface area contributed by atoms with Crippen LogP contribution in [0, 0.1) is 0 Å². The van der Waals surface area contributed by atoms with Gasteiger partial charge >= 0.3 is 29.8 Å². The van der Waals surface area contributed by atoms with Gasteiger partial charge in [0.05, 0.1) is 34.4 Å². The number of hydrogen-bond acceptors (Lipinski definition) is 16. The van der Waals surface area contributed by atoms with Crippen molar-refractivity contribution < 1.29 is 52.8 Å². The van der Waals surface area contributed by atoms with Crippen LogP contribution in [-0.2, 0) is 23.7 Å². The lowest BCUT2D eigenvalue weighted by atomic mass is 10.0. The van der Waals surface area contributed by atoms with Gasteiger partial charge in [0.15, 0.2) is 24.4 Å². The van der Waals surface area contributed by atoms with Gasteiger partial charge in [0.1, 0.15) is 6.61 Å². The van der Waals surface area contributed by atoms with E-state index in [0.717, 1.165) is 0 Å². The zero-order chi connectivity index (χ0) is 36.7. The van der Waals surface area contributed by atoms with Crippen LogP contribution >= 0.6 is 0 Å². The smallest absolute Gasteiger partial charge is 0.340 e. The van der Waals surface area contributed by atoms with Gasteiger partial charge in [0.2, 0.25) is 0 Å². The second-order valence-corrected chi connectivity index (χ2v) is 10.6. The van der Waals surface area contributed by atoms with Crippen LogP contribution in [0.3, 0.4) is 0 Å². The maximum Gasteiger partial charge on any atom is 0.340 e. The largest absolute Gasteiger partial charge is 0.458 e. The maximum atomic E-state index is 13.6. The molecule has 0 bridgehead atoms. The third-order valence-electron chi connectivity index (χ3n) is 7.10. The average Bonchev–Trinajstić information content (AvgIpc) is 3.21. The minimum atomic E-state index is -1.94. The predicted molar refractivity (Wildman–Crippen MR) is 175 cm³/mol. The highest BCUT2D eigenvalue weighted by atomic mass is 16.6. The van der Waals surface area contributed by atoms with Crippen LogP contribution in [0.15, 0.2) is 123 Å². The molecule has 0 saturated heterocycles.